The van der Waals surface area contributed by atoms with E-state index < -0.39 is 18.4 Å². The minimum absolute atomic E-state index is 0.0557. The number of carbonyl (C=O) groups is 2. The zero-order valence-electron chi connectivity index (χ0n) is 16.2. The quantitative estimate of drug-likeness (QED) is 0.639. The number of carbonyl (C=O) groups excluding carboxylic acids is 1. The summed E-state index contributed by atoms with van der Waals surface area (Å²) in [6, 6.07) is 7.50. The molecule has 0 fully saturated rings. The Morgan fingerprint density at radius 3 is 2.52 bits per heavy atom. The normalized spacial score (nSPS) is 16.2. The predicted molar refractivity (Wildman–Crippen MR) is 111 cm³/mol. The lowest BCUT2D eigenvalue weighted by molar-refractivity contribution is -0.137. The standard InChI is InChI=1S/C21H22ClN3O4/c1-12(2)24-25-11-17-15(13-6-8-14(22)9-7-13)4-3-5-16(17)20(28)19(25)21(29)23-10-18(26)27/h5-9,28H,3-4,10-11H2,1-2H3,(H,23,29)(H,26,27). The topological polar surface area (TPSA) is 102 Å². The summed E-state index contributed by atoms with van der Waals surface area (Å²) in [6.45, 7) is 3.31. The maximum Gasteiger partial charge on any atom is 0.322 e. The van der Waals surface area contributed by atoms with Gasteiger partial charge in [-0.05, 0) is 55.5 Å². The van der Waals surface area contributed by atoms with Crippen LogP contribution in [0.5, 0.6) is 0 Å². The van der Waals surface area contributed by atoms with Crippen molar-refractivity contribution in [3.63, 3.8) is 0 Å². The minimum Gasteiger partial charge on any atom is -0.505 e. The zero-order chi connectivity index (χ0) is 21.1. The molecule has 0 aromatic heterocycles. The van der Waals surface area contributed by atoms with Crippen LogP contribution in [0.4, 0.5) is 0 Å². The van der Waals surface area contributed by atoms with Gasteiger partial charge >= 0.3 is 5.97 Å². The fourth-order valence-corrected chi connectivity index (χ4v) is 3.58. The van der Waals surface area contributed by atoms with Crippen LogP contribution >= 0.6 is 11.6 Å². The van der Waals surface area contributed by atoms with E-state index in [9.17, 15) is 14.7 Å². The molecule has 0 atom stereocenters. The lowest BCUT2D eigenvalue weighted by atomic mass is 9.83. The summed E-state index contributed by atoms with van der Waals surface area (Å²) in [5, 5.41) is 28.5. The first-order chi connectivity index (χ1) is 13.8. The number of amides is 1. The maximum absolute atomic E-state index is 12.6. The number of hydrazone groups is 1. The van der Waals surface area contributed by atoms with Gasteiger partial charge in [0.05, 0.1) is 6.54 Å². The Bertz CT molecular complexity index is 970. The van der Waals surface area contributed by atoms with Crippen LogP contribution in [0.3, 0.4) is 0 Å². The third kappa shape index (κ3) is 4.51. The van der Waals surface area contributed by atoms with Crippen molar-refractivity contribution in [1.29, 1.82) is 0 Å². The molecular formula is C21H22ClN3O4. The highest BCUT2D eigenvalue weighted by Crippen LogP contribution is 2.40. The van der Waals surface area contributed by atoms with Crippen molar-refractivity contribution in [3.05, 3.63) is 63.5 Å². The lowest BCUT2D eigenvalue weighted by Crippen LogP contribution is -2.40. The third-order valence-electron chi connectivity index (χ3n) is 4.61. The van der Waals surface area contributed by atoms with Gasteiger partial charge in [-0.3, -0.25) is 14.6 Å². The molecule has 0 radical (unpaired) electrons. The van der Waals surface area contributed by atoms with Crippen molar-refractivity contribution in [2.24, 2.45) is 5.10 Å². The number of carboxylic acid groups (broad SMARTS) is 1. The second-order valence-electron chi connectivity index (χ2n) is 7.00. The molecule has 0 bridgehead atoms. The van der Waals surface area contributed by atoms with Crippen LogP contribution in [0.25, 0.3) is 5.57 Å². The number of aliphatic hydroxyl groups is 1. The molecule has 1 aromatic carbocycles. The van der Waals surface area contributed by atoms with Crippen LogP contribution in [-0.2, 0) is 9.59 Å². The first-order valence-electron chi connectivity index (χ1n) is 9.19. The molecular weight excluding hydrogens is 394 g/mol. The second kappa shape index (κ2) is 8.53. The number of hydrogen-bond acceptors (Lipinski definition) is 5. The molecule has 0 saturated carbocycles. The number of fused-ring (bicyclic) bond motifs is 1. The monoisotopic (exact) mass is 415 g/mol. The Labute approximate surface area is 173 Å². The Kier molecular flexibility index (Phi) is 6.08. The molecule has 1 aliphatic heterocycles. The average molecular weight is 416 g/mol. The molecule has 3 rings (SSSR count). The molecule has 1 aromatic rings. The molecule has 7 nitrogen and oxygen atoms in total. The molecule has 8 heteroatoms. The van der Waals surface area contributed by atoms with Crippen molar-refractivity contribution in [1.82, 2.24) is 10.3 Å². The predicted octanol–water partition coefficient (Wildman–Crippen LogP) is 3.50. The zero-order valence-corrected chi connectivity index (χ0v) is 17.0. The van der Waals surface area contributed by atoms with Gasteiger partial charge < -0.3 is 15.5 Å². The van der Waals surface area contributed by atoms with Crippen LogP contribution in [0, 0.1) is 0 Å². The van der Waals surface area contributed by atoms with Gasteiger partial charge in [0.25, 0.3) is 5.91 Å². The Hall–Kier alpha value is -3.06. The van der Waals surface area contributed by atoms with E-state index in [0.717, 1.165) is 23.1 Å². The Balaban J connectivity index is 2.09. The molecule has 0 saturated heterocycles. The average Bonchev–Trinajstić information content (AvgIpc) is 2.66. The van der Waals surface area contributed by atoms with Crippen molar-refractivity contribution >= 4 is 34.8 Å². The van der Waals surface area contributed by atoms with Gasteiger partial charge in [-0.15, -0.1) is 0 Å². The number of nitrogens with one attached hydrogen (secondary N) is 1. The summed E-state index contributed by atoms with van der Waals surface area (Å²) in [6.07, 6.45) is 3.40. The second-order valence-corrected chi connectivity index (χ2v) is 7.44. The molecule has 29 heavy (non-hydrogen) atoms. The first-order valence-corrected chi connectivity index (χ1v) is 9.57. The number of carboxylic acids is 1. The van der Waals surface area contributed by atoms with Crippen LogP contribution in [-0.4, -0.2) is 45.9 Å². The van der Waals surface area contributed by atoms with Gasteiger partial charge in [0, 0.05) is 16.3 Å². The van der Waals surface area contributed by atoms with Crippen molar-refractivity contribution < 1.29 is 19.8 Å². The summed E-state index contributed by atoms with van der Waals surface area (Å²) < 4.78 is 0. The van der Waals surface area contributed by atoms with E-state index in [-0.39, 0.29) is 18.0 Å². The van der Waals surface area contributed by atoms with E-state index in [1.165, 1.54) is 5.01 Å². The molecule has 0 unspecified atom stereocenters. The van der Waals surface area contributed by atoms with Crippen LogP contribution in [0.1, 0.15) is 32.3 Å². The van der Waals surface area contributed by atoms with E-state index in [1.807, 2.05) is 30.3 Å². The number of hydrogen-bond donors (Lipinski definition) is 3. The van der Waals surface area contributed by atoms with E-state index >= 15 is 0 Å². The van der Waals surface area contributed by atoms with Crippen LogP contribution in [0.15, 0.2) is 58.0 Å². The van der Waals surface area contributed by atoms with E-state index in [2.05, 4.69) is 10.4 Å². The molecule has 2 aliphatic rings. The number of aliphatic hydroxyl groups excluding tert-OH is 1. The van der Waals surface area contributed by atoms with Gasteiger partial charge in [-0.25, -0.2) is 0 Å². The summed E-state index contributed by atoms with van der Waals surface area (Å²) in [4.78, 5) is 23.4. The van der Waals surface area contributed by atoms with Gasteiger partial charge in [0.1, 0.15) is 6.54 Å². The molecule has 152 valence electrons. The van der Waals surface area contributed by atoms with E-state index in [1.54, 1.807) is 13.8 Å². The van der Waals surface area contributed by atoms with Gasteiger partial charge in [-0.1, -0.05) is 29.8 Å². The summed E-state index contributed by atoms with van der Waals surface area (Å²) in [7, 11) is 0. The molecule has 1 aliphatic carbocycles. The number of rotatable bonds is 5. The SMILES string of the molecule is CC(C)=NN1CC2=C(c3ccc(Cl)cc3)CCC=C2C(O)=C1C(=O)NCC(=O)O. The minimum atomic E-state index is -1.17. The number of allylic oxidation sites excluding steroid dienone is 3. The van der Waals surface area contributed by atoms with Crippen molar-refractivity contribution in [3.8, 4) is 0 Å². The van der Waals surface area contributed by atoms with Gasteiger partial charge in [0.15, 0.2) is 11.5 Å². The molecule has 1 heterocycles. The molecule has 0 spiro atoms. The maximum atomic E-state index is 12.6. The highest BCUT2D eigenvalue weighted by atomic mass is 35.5. The van der Waals surface area contributed by atoms with Crippen LogP contribution in [0.2, 0.25) is 5.02 Å². The number of nitrogens with zero attached hydrogens (tertiary/aromatic N) is 2. The fraction of sp³-hybridized carbons (Fsp3) is 0.286. The Morgan fingerprint density at radius 2 is 1.90 bits per heavy atom. The molecule has 1 amide bonds. The van der Waals surface area contributed by atoms with Crippen molar-refractivity contribution in [2.75, 3.05) is 13.1 Å². The van der Waals surface area contributed by atoms with Crippen LogP contribution < -0.4 is 5.32 Å². The smallest absolute Gasteiger partial charge is 0.322 e. The lowest BCUT2D eigenvalue weighted by Gasteiger charge is -2.33. The first kappa shape index (κ1) is 20.7. The summed E-state index contributed by atoms with van der Waals surface area (Å²) in [5.41, 5.74) is 4.17. The summed E-state index contributed by atoms with van der Waals surface area (Å²) >= 11 is 6.01. The largest absolute Gasteiger partial charge is 0.505 e. The molecule has 3 N–H and O–H groups in total. The van der Waals surface area contributed by atoms with Crippen molar-refractivity contribution in [2.45, 2.75) is 26.7 Å². The Morgan fingerprint density at radius 1 is 1.21 bits per heavy atom. The summed E-state index contributed by atoms with van der Waals surface area (Å²) in [5.74, 6) is -2.06. The fourth-order valence-electron chi connectivity index (χ4n) is 3.46. The highest BCUT2D eigenvalue weighted by Gasteiger charge is 2.34. The number of benzene rings is 1. The van der Waals surface area contributed by atoms with Gasteiger partial charge in [-0.2, -0.15) is 5.10 Å². The number of aliphatic carboxylic acids is 1. The van der Waals surface area contributed by atoms with Gasteiger partial charge in [0.2, 0.25) is 0 Å². The third-order valence-corrected chi connectivity index (χ3v) is 4.86. The van der Waals surface area contributed by atoms with E-state index in [4.69, 9.17) is 16.7 Å². The highest BCUT2D eigenvalue weighted by molar-refractivity contribution is 6.30. The number of halogens is 1. The van der Waals surface area contributed by atoms with E-state index in [0.29, 0.717) is 22.7 Å².